The standard InChI is InChI=1S/C11H20O3/c1-2-3-6-9-14-11(10(12)13)7-4-5-8-11/h2-9H2,1H3,(H,12,13). The van der Waals surface area contributed by atoms with Gasteiger partial charge < -0.3 is 9.84 Å². The van der Waals surface area contributed by atoms with E-state index >= 15 is 0 Å². The van der Waals surface area contributed by atoms with Crippen LogP contribution in [0.25, 0.3) is 0 Å². The fourth-order valence-electron chi connectivity index (χ4n) is 1.99. The molecule has 1 aliphatic rings. The van der Waals surface area contributed by atoms with E-state index < -0.39 is 11.6 Å². The van der Waals surface area contributed by atoms with Gasteiger partial charge in [-0.05, 0) is 32.1 Å². The number of carbonyl (C=O) groups is 1. The number of hydrogen-bond acceptors (Lipinski definition) is 2. The summed E-state index contributed by atoms with van der Waals surface area (Å²) in [4.78, 5) is 11.1. The average molecular weight is 200 g/mol. The largest absolute Gasteiger partial charge is 0.479 e. The fourth-order valence-corrected chi connectivity index (χ4v) is 1.99. The molecule has 1 saturated carbocycles. The van der Waals surface area contributed by atoms with Crippen molar-refractivity contribution in [2.75, 3.05) is 6.61 Å². The van der Waals surface area contributed by atoms with E-state index in [-0.39, 0.29) is 0 Å². The van der Waals surface area contributed by atoms with Gasteiger partial charge in [-0.3, -0.25) is 0 Å². The monoisotopic (exact) mass is 200 g/mol. The third-order valence-corrected chi connectivity index (χ3v) is 2.93. The van der Waals surface area contributed by atoms with Gasteiger partial charge in [0.15, 0.2) is 5.60 Å². The first-order chi connectivity index (χ1) is 6.71. The maximum absolute atomic E-state index is 11.1. The molecule has 0 radical (unpaired) electrons. The number of ether oxygens (including phenoxy) is 1. The van der Waals surface area contributed by atoms with Crippen molar-refractivity contribution in [3.05, 3.63) is 0 Å². The minimum atomic E-state index is -0.840. The molecule has 1 rings (SSSR count). The van der Waals surface area contributed by atoms with E-state index in [1.54, 1.807) is 0 Å². The maximum Gasteiger partial charge on any atom is 0.335 e. The summed E-state index contributed by atoms with van der Waals surface area (Å²) in [7, 11) is 0. The average Bonchev–Trinajstić information content (AvgIpc) is 2.62. The Morgan fingerprint density at radius 1 is 1.36 bits per heavy atom. The number of rotatable bonds is 6. The molecule has 1 aliphatic carbocycles. The van der Waals surface area contributed by atoms with Gasteiger partial charge in [0.25, 0.3) is 0 Å². The van der Waals surface area contributed by atoms with Gasteiger partial charge >= 0.3 is 5.97 Å². The number of carboxylic acids is 1. The Bertz CT molecular complexity index is 183. The smallest absolute Gasteiger partial charge is 0.335 e. The van der Waals surface area contributed by atoms with E-state index in [2.05, 4.69) is 6.92 Å². The highest BCUT2D eigenvalue weighted by atomic mass is 16.5. The van der Waals surface area contributed by atoms with Crippen molar-refractivity contribution < 1.29 is 14.6 Å². The molecular weight excluding hydrogens is 180 g/mol. The summed E-state index contributed by atoms with van der Waals surface area (Å²) in [6.07, 6.45) is 6.59. The van der Waals surface area contributed by atoms with E-state index in [0.29, 0.717) is 19.4 Å². The Morgan fingerprint density at radius 3 is 2.50 bits per heavy atom. The zero-order valence-electron chi connectivity index (χ0n) is 8.92. The minimum Gasteiger partial charge on any atom is -0.479 e. The summed E-state index contributed by atoms with van der Waals surface area (Å²) in [5.41, 5.74) is -0.840. The van der Waals surface area contributed by atoms with Crippen LogP contribution in [0.1, 0.15) is 51.9 Å². The Morgan fingerprint density at radius 2 is 2.00 bits per heavy atom. The first-order valence-electron chi connectivity index (χ1n) is 5.58. The predicted molar refractivity (Wildman–Crippen MR) is 54.3 cm³/mol. The Hall–Kier alpha value is -0.570. The van der Waals surface area contributed by atoms with E-state index in [0.717, 1.165) is 32.1 Å². The Labute approximate surface area is 85.5 Å². The van der Waals surface area contributed by atoms with Gasteiger partial charge in [-0.25, -0.2) is 4.79 Å². The van der Waals surface area contributed by atoms with Crippen molar-refractivity contribution in [3.63, 3.8) is 0 Å². The molecule has 3 heteroatoms. The zero-order valence-corrected chi connectivity index (χ0v) is 8.92. The third-order valence-electron chi connectivity index (χ3n) is 2.93. The highest BCUT2D eigenvalue weighted by molar-refractivity contribution is 5.77. The molecule has 1 N–H and O–H groups in total. The maximum atomic E-state index is 11.1. The molecule has 0 bridgehead atoms. The van der Waals surface area contributed by atoms with Crippen LogP contribution < -0.4 is 0 Å². The first-order valence-corrected chi connectivity index (χ1v) is 5.58. The van der Waals surface area contributed by atoms with Gasteiger partial charge in [0.1, 0.15) is 0 Å². The van der Waals surface area contributed by atoms with Gasteiger partial charge in [-0.15, -0.1) is 0 Å². The highest BCUT2D eigenvalue weighted by Crippen LogP contribution is 2.33. The molecule has 14 heavy (non-hydrogen) atoms. The van der Waals surface area contributed by atoms with Crippen LogP contribution in [0.2, 0.25) is 0 Å². The Kier molecular flexibility index (Phi) is 4.39. The van der Waals surface area contributed by atoms with Crippen LogP contribution >= 0.6 is 0 Å². The number of carboxylic acid groups (broad SMARTS) is 1. The van der Waals surface area contributed by atoms with Crippen LogP contribution in [0.15, 0.2) is 0 Å². The lowest BCUT2D eigenvalue weighted by Crippen LogP contribution is -2.38. The number of hydrogen-bond donors (Lipinski definition) is 1. The van der Waals surface area contributed by atoms with E-state index in [1.807, 2.05) is 0 Å². The van der Waals surface area contributed by atoms with Crippen molar-refractivity contribution in [2.45, 2.75) is 57.5 Å². The van der Waals surface area contributed by atoms with Crippen LogP contribution in [-0.2, 0) is 9.53 Å². The molecule has 0 amide bonds. The minimum absolute atomic E-state index is 0.597. The first kappa shape index (κ1) is 11.5. The van der Waals surface area contributed by atoms with E-state index in [4.69, 9.17) is 9.84 Å². The lowest BCUT2D eigenvalue weighted by molar-refractivity contribution is -0.165. The van der Waals surface area contributed by atoms with Crippen molar-refractivity contribution in [1.82, 2.24) is 0 Å². The molecular formula is C11H20O3. The van der Waals surface area contributed by atoms with Crippen molar-refractivity contribution in [2.24, 2.45) is 0 Å². The van der Waals surface area contributed by atoms with Gasteiger partial charge in [0.05, 0.1) is 0 Å². The molecule has 0 heterocycles. The molecule has 0 aromatic rings. The lowest BCUT2D eigenvalue weighted by Gasteiger charge is -2.24. The zero-order chi connectivity index (χ0) is 10.4. The number of aliphatic carboxylic acids is 1. The van der Waals surface area contributed by atoms with Crippen molar-refractivity contribution in [1.29, 1.82) is 0 Å². The van der Waals surface area contributed by atoms with Crippen LogP contribution in [-0.4, -0.2) is 23.3 Å². The summed E-state index contributed by atoms with van der Waals surface area (Å²) in [6, 6.07) is 0. The van der Waals surface area contributed by atoms with Gasteiger partial charge in [0, 0.05) is 6.61 Å². The molecule has 0 aromatic carbocycles. The molecule has 82 valence electrons. The van der Waals surface area contributed by atoms with Crippen LogP contribution in [0.4, 0.5) is 0 Å². The molecule has 0 unspecified atom stereocenters. The molecule has 0 aliphatic heterocycles. The fraction of sp³-hybridized carbons (Fsp3) is 0.909. The third kappa shape index (κ3) is 2.71. The second-order valence-electron chi connectivity index (χ2n) is 4.06. The topological polar surface area (TPSA) is 46.5 Å². The molecule has 0 aromatic heterocycles. The molecule has 3 nitrogen and oxygen atoms in total. The van der Waals surface area contributed by atoms with E-state index in [9.17, 15) is 4.79 Å². The summed E-state index contributed by atoms with van der Waals surface area (Å²) in [5.74, 6) is -0.772. The Balaban J connectivity index is 2.33. The number of unbranched alkanes of at least 4 members (excludes halogenated alkanes) is 2. The lowest BCUT2D eigenvalue weighted by atomic mass is 10.0. The van der Waals surface area contributed by atoms with Gasteiger partial charge in [-0.1, -0.05) is 19.8 Å². The predicted octanol–water partition coefficient (Wildman–Crippen LogP) is 2.59. The summed E-state index contributed by atoms with van der Waals surface area (Å²) >= 11 is 0. The molecule has 1 fully saturated rings. The highest BCUT2D eigenvalue weighted by Gasteiger charge is 2.42. The molecule has 0 atom stereocenters. The molecule has 0 spiro atoms. The van der Waals surface area contributed by atoms with Gasteiger partial charge in [0.2, 0.25) is 0 Å². The van der Waals surface area contributed by atoms with Crippen molar-refractivity contribution in [3.8, 4) is 0 Å². The summed E-state index contributed by atoms with van der Waals surface area (Å²) in [5, 5.41) is 9.10. The van der Waals surface area contributed by atoms with Gasteiger partial charge in [-0.2, -0.15) is 0 Å². The summed E-state index contributed by atoms with van der Waals surface area (Å²) in [6.45, 7) is 2.72. The van der Waals surface area contributed by atoms with E-state index in [1.165, 1.54) is 0 Å². The normalized spacial score (nSPS) is 19.8. The summed E-state index contributed by atoms with van der Waals surface area (Å²) < 4.78 is 5.55. The van der Waals surface area contributed by atoms with Crippen LogP contribution in [0.3, 0.4) is 0 Å². The van der Waals surface area contributed by atoms with Crippen LogP contribution in [0.5, 0.6) is 0 Å². The SMILES string of the molecule is CCCCCOC1(C(=O)O)CCCC1. The second kappa shape index (κ2) is 5.35. The molecule has 0 saturated heterocycles. The van der Waals surface area contributed by atoms with Crippen LogP contribution in [0, 0.1) is 0 Å². The van der Waals surface area contributed by atoms with Crippen molar-refractivity contribution >= 4 is 5.97 Å². The second-order valence-corrected chi connectivity index (χ2v) is 4.06. The quantitative estimate of drug-likeness (QED) is 0.670.